The minimum absolute atomic E-state index is 0.0664. The predicted octanol–water partition coefficient (Wildman–Crippen LogP) is 0.876. The van der Waals surface area contributed by atoms with Gasteiger partial charge in [0, 0.05) is 0 Å². The lowest BCUT2D eigenvalue weighted by molar-refractivity contribution is -0.137. The van der Waals surface area contributed by atoms with Crippen LogP contribution in [0.2, 0.25) is 0 Å². The molecule has 1 N–H and O–H groups in total. The van der Waals surface area contributed by atoms with Crippen molar-refractivity contribution in [1.82, 2.24) is 20.2 Å². The zero-order chi connectivity index (χ0) is 11.9. The number of hydrogen-bond acceptors (Lipinski definition) is 4. The summed E-state index contributed by atoms with van der Waals surface area (Å²) in [5.74, 6) is -0.0664. The van der Waals surface area contributed by atoms with Gasteiger partial charge in [0.2, 0.25) is 0 Å². The molecule has 2 heterocycles. The highest BCUT2D eigenvalue weighted by molar-refractivity contribution is 5.43. The Morgan fingerprint density at radius 3 is 2.69 bits per heavy atom. The molecule has 0 aromatic carbocycles. The van der Waals surface area contributed by atoms with Crippen LogP contribution in [0.15, 0.2) is 15.5 Å². The number of aryl methyl sites for hydroxylation is 1. The average Bonchev–Trinajstić information content (AvgIpc) is 2.70. The average molecular weight is 234 g/mol. The zero-order valence-electron chi connectivity index (χ0n) is 7.87. The van der Waals surface area contributed by atoms with E-state index in [2.05, 4.69) is 14.8 Å². The minimum Gasteiger partial charge on any atom is -0.467 e. The van der Waals surface area contributed by atoms with Crippen LogP contribution in [0.25, 0.3) is 5.69 Å². The lowest BCUT2D eigenvalue weighted by Crippen LogP contribution is -2.20. The molecule has 0 aliphatic carbocycles. The van der Waals surface area contributed by atoms with Crippen LogP contribution in [0.5, 0.6) is 0 Å². The Bertz CT molecular complexity index is 565. The Morgan fingerprint density at radius 2 is 2.19 bits per heavy atom. The molecule has 0 aliphatic rings. The molecular formula is C7H5F3N4O2. The number of nitrogens with zero attached hydrogens (tertiary/aromatic N) is 3. The monoisotopic (exact) mass is 234 g/mol. The molecule has 0 saturated heterocycles. The van der Waals surface area contributed by atoms with Gasteiger partial charge in [-0.1, -0.05) is 0 Å². The third-order valence-corrected chi connectivity index (χ3v) is 1.93. The van der Waals surface area contributed by atoms with Gasteiger partial charge in [-0.25, -0.2) is 9.89 Å². The molecule has 0 spiro atoms. The molecular weight excluding hydrogens is 229 g/mol. The molecule has 6 nitrogen and oxygen atoms in total. The molecule has 0 amide bonds. The summed E-state index contributed by atoms with van der Waals surface area (Å²) < 4.78 is 42.8. The SMILES string of the molecule is Cc1occ(C(F)(F)F)c1-n1nn[nH]c1=O. The molecule has 0 unspecified atom stereocenters. The highest BCUT2D eigenvalue weighted by atomic mass is 19.4. The van der Waals surface area contributed by atoms with Gasteiger partial charge in [-0.3, -0.25) is 0 Å². The highest BCUT2D eigenvalue weighted by Crippen LogP contribution is 2.35. The van der Waals surface area contributed by atoms with Crippen LogP contribution in [0.4, 0.5) is 13.2 Å². The van der Waals surface area contributed by atoms with Gasteiger partial charge in [-0.2, -0.15) is 17.9 Å². The van der Waals surface area contributed by atoms with Crippen molar-refractivity contribution in [3.63, 3.8) is 0 Å². The molecule has 0 fully saturated rings. The second-order valence-corrected chi connectivity index (χ2v) is 2.97. The van der Waals surface area contributed by atoms with E-state index in [1.807, 2.05) is 5.10 Å². The van der Waals surface area contributed by atoms with Crippen molar-refractivity contribution >= 4 is 0 Å². The molecule has 0 aliphatic heterocycles. The second kappa shape index (κ2) is 3.22. The fraction of sp³-hybridized carbons (Fsp3) is 0.286. The number of tetrazole rings is 1. The van der Waals surface area contributed by atoms with Crippen LogP contribution in [0.1, 0.15) is 11.3 Å². The number of rotatable bonds is 1. The van der Waals surface area contributed by atoms with Crippen molar-refractivity contribution in [1.29, 1.82) is 0 Å². The van der Waals surface area contributed by atoms with Gasteiger partial charge in [0.25, 0.3) is 0 Å². The standard InChI is InChI=1S/C7H5F3N4O2/c1-3-5(14-6(15)11-12-13-14)4(2-16-3)7(8,9)10/h2H,1H3,(H,11,13,15). The fourth-order valence-corrected chi connectivity index (χ4v) is 1.26. The number of aromatic nitrogens is 4. The van der Waals surface area contributed by atoms with E-state index in [0.717, 1.165) is 0 Å². The summed E-state index contributed by atoms with van der Waals surface area (Å²) in [5, 5.41) is 8.24. The summed E-state index contributed by atoms with van der Waals surface area (Å²) >= 11 is 0. The molecule has 0 atom stereocenters. The van der Waals surface area contributed by atoms with E-state index in [4.69, 9.17) is 0 Å². The maximum atomic E-state index is 12.6. The van der Waals surface area contributed by atoms with Crippen molar-refractivity contribution in [3.8, 4) is 5.69 Å². The fourth-order valence-electron chi connectivity index (χ4n) is 1.26. The van der Waals surface area contributed by atoms with E-state index in [9.17, 15) is 18.0 Å². The first kappa shape index (κ1) is 10.5. The second-order valence-electron chi connectivity index (χ2n) is 2.97. The van der Waals surface area contributed by atoms with Gasteiger partial charge in [-0.15, -0.1) is 0 Å². The smallest absolute Gasteiger partial charge is 0.421 e. The summed E-state index contributed by atoms with van der Waals surface area (Å²) in [7, 11) is 0. The quantitative estimate of drug-likeness (QED) is 0.794. The van der Waals surface area contributed by atoms with Gasteiger partial charge in [0.1, 0.15) is 23.3 Å². The van der Waals surface area contributed by atoms with E-state index in [1.54, 1.807) is 0 Å². The first-order chi connectivity index (χ1) is 7.41. The Hall–Kier alpha value is -2.06. The predicted molar refractivity (Wildman–Crippen MR) is 44.0 cm³/mol. The van der Waals surface area contributed by atoms with Crippen LogP contribution < -0.4 is 5.69 Å². The largest absolute Gasteiger partial charge is 0.467 e. The summed E-state index contributed by atoms with van der Waals surface area (Å²) in [6.45, 7) is 1.30. The lowest BCUT2D eigenvalue weighted by atomic mass is 10.2. The minimum atomic E-state index is -4.62. The van der Waals surface area contributed by atoms with Gasteiger partial charge < -0.3 is 4.42 Å². The van der Waals surface area contributed by atoms with E-state index in [0.29, 0.717) is 10.9 Å². The van der Waals surface area contributed by atoms with Gasteiger partial charge in [0.05, 0.1) is 0 Å². The van der Waals surface area contributed by atoms with Crippen molar-refractivity contribution in [2.75, 3.05) is 0 Å². The number of furan rings is 1. The maximum absolute atomic E-state index is 12.6. The molecule has 86 valence electrons. The van der Waals surface area contributed by atoms with Crippen LogP contribution in [-0.2, 0) is 6.18 Å². The van der Waals surface area contributed by atoms with Crippen LogP contribution in [0.3, 0.4) is 0 Å². The Morgan fingerprint density at radius 1 is 1.50 bits per heavy atom. The molecule has 16 heavy (non-hydrogen) atoms. The molecule has 0 radical (unpaired) electrons. The number of halogens is 3. The zero-order valence-corrected chi connectivity index (χ0v) is 7.87. The first-order valence-corrected chi connectivity index (χ1v) is 4.07. The van der Waals surface area contributed by atoms with Gasteiger partial charge in [-0.05, 0) is 17.4 Å². The van der Waals surface area contributed by atoms with Gasteiger partial charge >= 0.3 is 11.9 Å². The number of alkyl halides is 3. The summed E-state index contributed by atoms with van der Waals surface area (Å²) in [5.41, 5.74) is -2.39. The van der Waals surface area contributed by atoms with E-state index >= 15 is 0 Å². The summed E-state index contributed by atoms with van der Waals surface area (Å²) in [6, 6.07) is 0. The van der Waals surface area contributed by atoms with Crippen LogP contribution >= 0.6 is 0 Å². The molecule has 2 aromatic rings. The van der Waals surface area contributed by atoms with Crippen molar-refractivity contribution in [2.24, 2.45) is 0 Å². The summed E-state index contributed by atoms with van der Waals surface area (Å²) in [6.07, 6.45) is -4.09. The van der Waals surface area contributed by atoms with E-state index < -0.39 is 23.1 Å². The van der Waals surface area contributed by atoms with Crippen LogP contribution in [-0.4, -0.2) is 20.2 Å². The molecule has 2 aromatic heterocycles. The summed E-state index contributed by atoms with van der Waals surface area (Å²) in [4.78, 5) is 11.1. The third kappa shape index (κ3) is 1.49. The number of hydrogen-bond donors (Lipinski definition) is 1. The molecule has 0 saturated carbocycles. The van der Waals surface area contributed by atoms with Crippen LogP contribution in [0, 0.1) is 6.92 Å². The third-order valence-electron chi connectivity index (χ3n) is 1.93. The highest BCUT2D eigenvalue weighted by Gasteiger charge is 2.38. The Kier molecular flexibility index (Phi) is 2.10. The number of H-pyrrole nitrogens is 1. The molecule has 0 bridgehead atoms. The number of nitrogens with one attached hydrogen (secondary N) is 1. The maximum Gasteiger partial charge on any atom is 0.421 e. The van der Waals surface area contributed by atoms with Crippen molar-refractivity contribution < 1.29 is 17.6 Å². The van der Waals surface area contributed by atoms with Gasteiger partial charge in [0.15, 0.2) is 0 Å². The topological polar surface area (TPSA) is 76.7 Å². The van der Waals surface area contributed by atoms with Crippen molar-refractivity contribution in [2.45, 2.75) is 13.1 Å². The first-order valence-electron chi connectivity index (χ1n) is 4.07. The lowest BCUT2D eigenvalue weighted by Gasteiger charge is -2.05. The number of aromatic amines is 1. The van der Waals surface area contributed by atoms with E-state index in [1.165, 1.54) is 6.92 Å². The molecule has 2 rings (SSSR count). The van der Waals surface area contributed by atoms with Crippen molar-refractivity contribution in [3.05, 3.63) is 28.1 Å². The van der Waals surface area contributed by atoms with E-state index in [-0.39, 0.29) is 5.76 Å². The normalized spacial score (nSPS) is 12.0. The Balaban J connectivity index is 2.70. The Labute approximate surface area is 85.7 Å². The molecule has 9 heteroatoms.